The van der Waals surface area contributed by atoms with E-state index >= 15 is 0 Å². The van der Waals surface area contributed by atoms with Crippen molar-refractivity contribution >= 4 is 46.3 Å². The van der Waals surface area contributed by atoms with Crippen LogP contribution in [0.1, 0.15) is 51.5 Å². The minimum absolute atomic E-state index is 0.112. The van der Waals surface area contributed by atoms with E-state index in [1.54, 1.807) is 11.8 Å². The molecule has 152 valence electrons. The first-order valence-corrected chi connectivity index (χ1v) is 10.9. The second-order valence-electron chi connectivity index (χ2n) is 6.37. The monoisotopic (exact) mass is 421 g/mol. The summed E-state index contributed by atoms with van der Waals surface area (Å²) in [4.78, 5) is 26.2. The molecule has 0 saturated carbocycles. The van der Waals surface area contributed by atoms with E-state index in [1.807, 2.05) is 30.3 Å². The fraction of sp³-hybridized carbons (Fsp3) is 0.476. The quantitative estimate of drug-likeness (QED) is 0.221. The molecule has 1 heterocycles. The van der Waals surface area contributed by atoms with Gasteiger partial charge in [0.25, 0.3) is 5.91 Å². The van der Waals surface area contributed by atoms with Crippen molar-refractivity contribution in [3.05, 3.63) is 34.7 Å². The molecule has 1 aliphatic heterocycles. The van der Waals surface area contributed by atoms with Crippen molar-refractivity contribution in [1.82, 2.24) is 4.90 Å². The van der Waals surface area contributed by atoms with Crippen LogP contribution in [-0.2, 0) is 14.3 Å². The van der Waals surface area contributed by atoms with E-state index in [-0.39, 0.29) is 18.3 Å². The Hall–Kier alpha value is -1.86. The minimum atomic E-state index is -0.250. The van der Waals surface area contributed by atoms with Crippen molar-refractivity contribution in [3.63, 3.8) is 0 Å². The predicted molar refractivity (Wildman–Crippen MR) is 117 cm³/mol. The molecule has 2 rings (SSSR count). The molecule has 0 bridgehead atoms. The van der Waals surface area contributed by atoms with E-state index in [0.717, 1.165) is 24.3 Å². The summed E-state index contributed by atoms with van der Waals surface area (Å²) in [7, 11) is 0. The topological polar surface area (TPSA) is 55.8 Å². The van der Waals surface area contributed by atoms with Gasteiger partial charge in [-0.2, -0.15) is 0 Å². The predicted octanol–water partition coefficient (Wildman–Crippen LogP) is 4.80. The van der Waals surface area contributed by atoms with Crippen LogP contribution in [0.5, 0.6) is 5.75 Å². The van der Waals surface area contributed by atoms with E-state index in [4.69, 9.17) is 21.7 Å². The largest absolute Gasteiger partial charge is 0.494 e. The van der Waals surface area contributed by atoms with Crippen molar-refractivity contribution in [2.24, 2.45) is 0 Å². The second kappa shape index (κ2) is 11.9. The highest BCUT2D eigenvalue weighted by molar-refractivity contribution is 8.26. The highest BCUT2D eigenvalue weighted by Gasteiger charge is 2.31. The number of carbonyl (C=O) groups is 2. The van der Waals surface area contributed by atoms with E-state index in [0.29, 0.717) is 28.8 Å². The van der Waals surface area contributed by atoms with Gasteiger partial charge in [-0.05, 0) is 43.5 Å². The fourth-order valence-electron chi connectivity index (χ4n) is 2.66. The maximum atomic E-state index is 12.6. The first-order valence-electron chi connectivity index (χ1n) is 9.69. The molecule has 1 aromatic rings. The van der Waals surface area contributed by atoms with Crippen LogP contribution < -0.4 is 4.74 Å². The lowest BCUT2D eigenvalue weighted by molar-refractivity contribution is -0.143. The zero-order valence-corrected chi connectivity index (χ0v) is 18.1. The van der Waals surface area contributed by atoms with Gasteiger partial charge in [0, 0.05) is 13.0 Å². The summed E-state index contributed by atoms with van der Waals surface area (Å²) in [5.41, 5.74) is 0.924. The van der Waals surface area contributed by atoms with Crippen molar-refractivity contribution in [1.29, 1.82) is 0 Å². The van der Waals surface area contributed by atoms with Gasteiger partial charge in [-0.15, -0.1) is 0 Å². The smallest absolute Gasteiger partial charge is 0.305 e. The lowest BCUT2D eigenvalue weighted by atomic mass is 10.2. The second-order valence-corrected chi connectivity index (χ2v) is 8.04. The molecule has 28 heavy (non-hydrogen) atoms. The number of esters is 1. The normalized spacial score (nSPS) is 15.4. The first kappa shape index (κ1) is 22.4. The number of ether oxygens (including phenoxy) is 2. The molecule has 1 aliphatic rings. The third-order valence-electron chi connectivity index (χ3n) is 4.14. The van der Waals surface area contributed by atoms with Gasteiger partial charge >= 0.3 is 5.97 Å². The average Bonchev–Trinajstić information content (AvgIpc) is 2.94. The number of carbonyl (C=O) groups excluding carboxylic acids is 2. The molecule has 0 unspecified atom stereocenters. The van der Waals surface area contributed by atoms with E-state index in [9.17, 15) is 9.59 Å². The SMILES string of the molecule is CCCCCOc1ccc(/C=C2\SC(=S)N(CCCC(=O)OCC)C2=O)cc1. The third kappa shape index (κ3) is 6.95. The molecule has 1 fully saturated rings. The van der Waals surface area contributed by atoms with Crippen molar-refractivity contribution in [3.8, 4) is 5.75 Å². The number of amides is 1. The number of unbranched alkanes of at least 4 members (excludes halogenated alkanes) is 2. The van der Waals surface area contributed by atoms with E-state index in [1.165, 1.54) is 24.6 Å². The fourth-order valence-corrected chi connectivity index (χ4v) is 3.97. The van der Waals surface area contributed by atoms with E-state index in [2.05, 4.69) is 6.92 Å². The molecule has 0 aromatic heterocycles. The van der Waals surface area contributed by atoms with Crippen LogP contribution in [0.15, 0.2) is 29.2 Å². The molecular formula is C21H27NO4S2. The van der Waals surface area contributed by atoms with Crippen LogP contribution in [0.3, 0.4) is 0 Å². The Morgan fingerprint density at radius 1 is 1.18 bits per heavy atom. The van der Waals surface area contributed by atoms with Crippen LogP contribution in [0.2, 0.25) is 0 Å². The molecule has 5 nitrogen and oxygen atoms in total. The molecule has 1 aromatic carbocycles. The molecule has 0 aliphatic carbocycles. The number of nitrogens with zero attached hydrogens (tertiary/aromatic N) is 1. The van der Waals surface area contributed by atoms with Crippen LogP contribution in [0.4, 0.5) is 0 Å². The Morgan fingerprint density at radius 2 is 1.93 bits per heavy atom. The Morgan fingerprint density at radius 3 is 2.61 bits per heavy atom. The molecule has 0 N–H and O–H groups in total. The summed E-state index contributed by atoms with van der Waals surface area (Å²) >= 11 is 6.61. The lowest BCUT2D eigenvalue weighted by Gasteiger charge is -2.13. The third-order valence-corrected chi connectivity index (χ3v) is 5.51. The summed E-state index contributed by atoms with van der Waals surface area (Å²) in [6.45, 7) is 5.45. The highest BCUT2D eigenvalue weighted by Crippen LogP contribution is 2.33. The number of thioether (sulfide) groups is 1. The maximum Gasteiger partial charge on any atom is 0.305 e. The van der Waals surface area contributed by atoms with E-state index < -0.39 is 0 Å². The zero-order chi connectivity index (χ0) is 20.4. The summed E-state index contributed by atoms with van der Waals surface area (Å²) in [6, 6.07) is 7.70. The van der Waals surface area contributed by atoms with Gasteiger partial charge in [0.2, 0.25) is 0 Å². The Bertz CT molecular complexity index is 716. The molecule has 0 spiro atoms. The molecule has 1 saturated heterocycles. The van der Waals surface area contributed by atoms with Crippen LogP contribution >= 0.6 is 24.0 Å². The van der Waals surface area contributed by atoms with Gasteiger partial charge in [-0.1, -0.05) is 55.9 Å². The van der Waals surface area contributed by atoms with Gasteiger partial charge in [0.15, 0.2) is 0 Å². The summed E-state index contributed by atoms with van der Waals surface area (Å²) in [6.07, 6.45) is 6.04. The highest BCUT2D eigenvalue weighted by atomic mass is 32.2. The van der Waals surface area contributed by atoms with Gasteiger partial charge in [-0.3, -0.25) is 14.5 Å². The lowest BCUT2D eigenvalue weighted by Crippen LogP contribution is -2.29. The van der Waals surface area contributed by atoms with Gasteiger partial charge in [-0.25, -0.2) is 0 Å². The van der Waals surface area contributed by atoms with Gasteiger partial charge in [0.05, 0.1) is 18.1 Å². The van der Waals surface area contributed by atoms with Crippen LogP contribution in [-0.4, -0.2) is 40.9 Å². The number of benzene rings is 1. The van der Waals surface area contributed by atoms with Crippen molar-refractivity contribution in [2.45, 2.75) is 46.0 Å². The number of hydrogen-bond donors (Lipinski definition) is 0. The minimum Gasteiger partial charge on any atom is -0.494 e. The summed E-state index contributed by atoms with van der Waals surface area (Å²) in [5, 5.41) is 0. The van der Waals surface area contributed by atoms with Gasteiger partial charge in [0.1, 0.15) is 10.1 Å². The molecule has 0 atom stereocenters. The van der Waals surface area contributed by atoms with Crippen LogP contribution in [0.25, 0.3) is 6.08 Å². The number of hydrogen-bond acceptors (Lipinski definition) is 6. The average molecular weight is 422 g/mol. The van der Waals surface area contributed by atoms with Gasteiger partial charge < -0.3 is 9.47 Å². The Balaban J connectivity index is 1.89. The standard InChI is InChI=1S/C21H27NO4S2/c1-3-5-6-14-26-17-11-9-16(10-12-17)15-18-20(24)22(21(27)28-18)13-7-8-19(23)25-4-2/h9-12,15H,3-8,13-14H2,1-2H3/b18-15-. The maximum absolute atomic E-state index is 12.6. The molecule has 7 heteroatoms. The summed E-state index contributed by atoms with van der Waals surface area (Å²) < 4.78 is 11.1. The van der Waals surface area contributed by atoms with Crippen molar-refractivity contribution < 1.29 is 19.1 Å². The van der Waals surface area contributed by atoms with Crippen molar-refractivity contribution in [2.75, 3.05) is 19.8 Å². The Labute approximate surface area is 176 Å². The summed E-state index contributed by atoms with van der Waals surface area (Å²) in [5.74, 6) is 0.471. The molecule has 0 radical (unpaired) electrons. The molecular weight excluding hydrogens is 394 g/mol. The Kier molecular flexibility index (Phi) is 9.50. The zero-order valence-electron chi connectivity index (χ0n) is 16.4. The molecule has 1 amide bonds. The number of thiocarbonyl (C=S) groups is 1. The van der Waals surface area contributed by atoms with Crippen LogP contribution in [0, 0.1) is 0 Å². The first-order chi connectivity index (χ1) is 13.5. The number of rotatable bonds is 11.